The van der Waals surface area contributed by atoms with Crippen molar-refractivity contribution in [2.45, 2.75) is 19.1 Å². The Morgan fingerprint density at radius 3 is 2.44 bits per heavy atom. The summed E-state index contributed by atoms with van der Waals surface area (Å²) in [5, 5.41) is 2.61. The summed E-state index contributed by atoms with van der Waals surface area (Å²) in [7, 11) is 1.48. The van der Waals surface area contributed by atoms with E-state index in [0.29, 0.717) is 17.1 Å². The zero-order valence-corrected chi connectivity index (χ0v) is 13.8. The van der Waals surface area contributed by atoms with E-state index in [0.717, 1.165) is 12.1 Å². The fourth-order valence-corrected chi connectivity index (χ4v) is 2.23. The molecule has 0 saturated heterocycles. The lowest BCUT2D eigenvalue weighted by Gasteiger charge is -2.17. The van der Waals surface area contributed by atoms with Gasteiger partial charge in [0.15, 0.2) is 18.1 Å². The second-order valence-corrected chi connectivity index (χ2v) is 5.35. The fourth-order valence-electron chi connectivity index (χ4n) is 2.23. The van der Waals surface area contributed by atoms with Crippen molar-refractivity contribution in [1.29, 1.82) is 0 Å². The Morgan fingerprint density at radius 2 is 1.80 bits per heavy atom. The molecule has 7 heteroatoms. The van der Waals surface area contributed by atoms with Crippen LogP contribution in [0.25, 0.3) is 0 Å². The van der Waals surface area contributed by atoms with Crippen molar-refractivity contribution in [3.63, 3.8) is 0 Å². The van der Waals surface area contributed by atoms with Gasteiger partial charge in [-0.15, -0.1) is 0 Å². The number of alkyl halides is 3. The summed E-state index contributed by atoms with van der Waals surface area (Å²) in [6.07, 6.45) is -4.42. The number of carbonyl (C=O) groups is 1. The van der Waals surface area contributed by atoms with Gasteiger partial charge in [-0.2, -0.15) is 13.2 Å². The molecule has 0 fully saturated rings. The third-order valence-electron chi connectivity index (χ3n) is 3.52. The molecule has 4 nitrogen and oxygen atoms in total. The Hall–Kier alpha value is -2.70. The first-order valence-corrected chi connectivity index (χ1v) is 7.53. The van der Waals surface area contributed by atoms with Crippen molar-refractivity contribution in [3.05, 3.63) is 59.7 Å². The monoisotopic (exact) mass is 353 g/mol. The van der Waals surface area contributed by atoms with Gasteiger partial charge in [0.25, 0.3) is 5.91 Å². The molecule has 1 N–H and O–H groups in total. The largest absolute Gasteiger partial charge is 0.493 e. The van der Waals surface area contributed by atoms with Crippen molar-refractivity contribution in [2.24, 2.45) is 0 Å². The van der Waals surface area contributed by atoms with Crippen molar-refractivity contribution in [1.82, 2.24) is 5.32 Å². The van der Waals surface area contributed by atoms with Crippen molar-refractivity contribution < 1.29 is 27.4 Å². The summed E-state index contributed by atoms with van der Waals surface area (Å²) >= 11 is 0. The molecular weight excluding hydrogens is 335 g/mol. The number of methoxy groups -OCH3 is 1. The van der Waals surface area contributed by atoms with Crippen LogP contribution in [0.5, 0.6) is 11.5 Å². The van der Waals surface area contributed by atoms with E-state index in [-0.39, 0.29) is 6.61 Å². The van der Waals surface area contributed by atoms with Gasteiger partial charge in [0.05, 0.1) is 18.7 Å². The van der Waals surface area contributed by atoms with Crippen LogP contribution in [0.1, 0.15) is 24.1 Å². The molecule has 0 aliphatic carbocycles. The van der Waals surface area contributed by atoms with Crippen LogP contribution in [0.3, 0.4) is 0 Å². The number of para-hydroxylation sites is 2. The average Bonchev–Trinajstić information content (AvgIpc) is 2.59. The molecule has 0 aromatic heterocycles. The van der Waals surface area contributed by atoms with Gasteiger partial charge in [0.1, 0.15) is 0 Å². The molecule has 2 aromatic carbocycles. The van der Waals surface area contributed by atoms with Crippen molar-refractivity contribution >= 4 is 5.91 Å². The molecule has 134 valence electrons. The normalized spacial score (nSPS) is 12.4. The van der Waals surface area contributed by atoms with Crippen LogP contribution < -0.4 is 14.8 Å². The molecular formula is C18H18F3NO3. The van der Waals surface area contributed by atoms with E-state index >= 15 is 0 Å². The Morgan fingerprint density at radius 1 is 1.12 bits per heavy atom. The van der Waals surface area contributed by atoms with Crippen LogP contribution in [0.2, 0.25) is 0 Å². The highest BCUT2D eigenvalue weighted by Gasteiger charge is 2.30. The highest BCUT2D eigenvalue weighted by molar-refractivity contribution is 5.78. The molecule has 1 amide bonds. The minimum absolute atomic E-state index is 0.274. The number of halogens is 3. The van der Waals surface area contributed by atoms with Gasteiger partial charge in [0, 0.05) is 0 Å². The maximum absolute atomic E-state index is 12.8. The van der Waals surface area contributed by atoms with Gasteiger partial charge in [-0.3, -0.25) is 4.79 Å². The zero-order chi connectivity index (χ0) is 18.4. The van der Waals surface area contributed by atoms with Crippen LogP contribution in [0, 0.1) is 0 Å². The first-order valence-electron chi connectivity index (χ1n) is 7.53. The van der Waals surface area contributed by atoms with Gasteiger partial charge < -0.3 is 14.8 Å². The number of rotatable bonds is 6. The third kappa shape index (κ3) is 5.14. The third-order valence-corrected chi connectivity index (χ3v) is 3.52. The average molecular weight is 353 g/mol. The summed E-state index contributed by atoms with van der Waals surface area (Å²) in [4.78, 5) is 12.0. The molecule has 0 saturated carbocycles. The molecule has 25 heavy (non-hydrogen) atoms. The molecule has 2 aromatic rings. The predicted octanol–water partition coefficient (Wildman–Crippen LogP) is 3.97. The Labute approximate surface area is 143 Å². The van der Waals surface area contributed by atoms with Gasteiger partial charge in [-0.25, -0.2) is 0 Å². The SMILES string of the molecule is COc1ccccc1OCC(=O)N[C@@H](C)c1cccc(C(F)(F)F)c1. The predicted molar refractivity (Wildman–Crippen MR) is 86.5 cm³/mol. The Kier molecular flexibility index (Phi) is 5.90. The smallest absolute Gasteiger partial charge is 0.416 e. The summed E-state index contributed by atoms with van der Waals surface area (Å²) in [5.41, 5.74) is -0.392. The summed E-state index contributed by atoms with van der Waals surface area (Å²) in [6.45, 7) is 1.33. The first-order chi connectivity index (χ1) is 11.8. The van der Waals surface area contributed by atoms with E-state index in [1.807, 2.05) is 0 Å². The molecule has 1 atom stereocenters. The summed E-state index contributed by atoms with van der Waals surface area (Å²) in [5.74, 6) is 0.448. The van der Waals surface area contributed by atoms with Gasteiger partial charge in [-0.1, -0.05) is 24.3 Å². The van der Waals surface area contributed by atoms with Crippen LogP contribution in [0.4, 0.5) is 13.2 Å². The minimum atomic E-state index is -4.42. The topological polar surface area (TPSA) is 47.6 Å². The molecule has 0 bridgehead atoms. The quantitative estimate of drug-likeness (QED) is 0.855. The number of hydrogen-bond acceptors (Lipinski definition) is 3. The lowest BCUT2D eigenvalue weighted by molar-refractivity contribution is -0.137. The molecule has 2 rings (SSSR count). The zero-order valence-electron chi connectivity index (χ0n) is 13.8. The fraction of sp³-hybridized carbons (Fsp3) is 0.278. The number of ether oxygens (including phenoxy) is 2. The minimum Gasteiger partial charge on any atom is -0.493 e. The van der Waals surface area contributed by atoms with E-state index < -0.39 is 23.7 Å². The van der Waals surface area contributed by atoms with E-state index in [1.54, 1.807) is 31.2 Å². The molecule has 0 spiro atoms. The first kappa shape index (κ1) is 18.6. The van der Waals surface area contributed by atoms with Crippen molar-refractivity contribution in [2.75, 3.05) is 13.7 Å². The second kappa shape index (κ2) is 7.92. The lowest BCUT2D eigenvalue weighted by Crippen LogP contribution is -2.31. The summed E-state index contributed by atoms with van der Waals surface area (Å²) < 4.78 is 48.8. The van der Waals surface area contributed by atoms with Crippen LogP contribution in [-0.4, -0.2) is 19.6 Å². The number of carbonyl (C=O) groups excluding carboxylic acids is 1. The lowest BCUT2D eigenvalue weighted by atomic mass is 10.0. The van der Waals surface area contributed by atoms with Crippen LogP contribution in [0.15, 0.2) is 48.5 Å². The standard InChI is InChI=1S/C18H18F3NO3/c1-12(13-6-5-7-14(10-13)18(19,20)21)22-17(23)11-25-16-9-4-3-8-15(16)24-2/h3-10,12H,11H2,1-2H3,(H,22,23)/t12-/m0/s1. The van der Waals surface area contributed by atoms with Crippen molar-refractivity contribution in [3.8, 4) is 11.5 Å². The molecule has 0 aliphatic heterocycles. The molecule has 0 heterocycles. The number of nitrogens with one attached hydrogen (secondary N) is 1. The van der Waals surface area contributed by atoms with E-state index in [2.05, 4.69) is 5.32 Å². The molecule has 0 unspecified atom stereocenters. The van der Waals surface area contributed by atoms with E-state index in [4.69, 9.17) is 9.47 Å². The molecule has 0 aliphatic rings. The maximum Gasteiger partial charge on any atom is 0.416 e. The molecule has 0 radical (unpaired) electrons. The van der Waals surface area contributed by atoms with Crippen LogP contribution >= 0.6 is 0 Å². The Bertz CT molecular complexity index is 732. The van der Waals surface area contributed by atoms with E-state index in [1.165, 1.54) is 19.2 Å². The number of amides is 1. The van der Waals surface area contributed by atoms with Gasteiger partial charge >= 0.3 is 6.18 Å². The maximum atomic E-state index is 12.8. The van der Waals surface area contributed by atoms with Crippen LogP contribution in [-0.2, 0) is 11.0 Å². The Balaban J connectivity index is 1.96. The number of hydrogen-bond donors (Lipinski definition) is 1. The highest BCUT2D eigenvalue weighted by Crippen LogP contribution is 2.30. The highest BCUT2D eigenvalue weighted by atomic mass is 19.4. The van der Waals surface area contributed by atoms with Gasteiger partial charge in [-0.05, 0) is 36.8 Å². The van der Waals surface area contributed by atoms with Gasteiger partial charge in [0.2, 0.25) is 0 Å². The second-order valence-electron chi connectivity index (χ2n) is 5.35. The summed E-state index contributed by atoms with van der Waals surface area (Å²) in [6, 6.07) is 11.1. The number of benzene rings is 2. The van der Waals surface area contributed by atoms with E-state index in [9.17, 15) is 18.0 Å².